The predicted octanol–water partition coefficient (Wildman–Crippen LogP) is -0.219. The SMILES string of the molecule is O=C1CC2[C@H](C(=O)O)CC1N2C(=O)O. The van der Waals surface area contributed by atoms with Gasteiger partial charge in [0, 0.05) is 6.42 Å². The molecule has 2 N–H and O–H groups in total. The van der Waals surface area contributed by atoms with E-state index in [1.165, 1.54) is 0 Å². The van der Waals surface area contributed by atoms with Gasteiger partial charge in [0.1, 0.15) is 0 Å². The summed E-state index contributed by atoms with van der Waals surface area (Å²) in [5, 5.41) is 17.6. The Labute approximate surface area is 79.1 Å². The second-order valence-corrected chi connectivity index (χ2v) is 3.62. The number of carbonyl (C=O) groups is 3. The van der Waals surface area contributed by atoms with Gasteiger partial charge in [0.15, 0.2) is 5.78 Å². The van der Waals surface area contributed by atoms with Crippen molar-refractivity contribution >= 4 is 17.8 Å². The normalized spacial score (nSPS) is 35.0. The van der Waals surface area contributed by atoms with Crippen LogP contribution in [0.15, 0.2) is 0 Å². The Morgan fingerprint density at radius 3 is 2.43 bits per heavy atom. The summed E-state index contributed by atoms with van der Waals surface area (Å²) in [4.78, 5) is 33.7. The summed E-state index contributed by atoms with van der Waals surface area (Å²) < 4.78 is 0. The number of nitrogens with zero attached hydrogens (tertiary/aromatic N) is 1. The minimum atomic E-state index is -1.20. The van der Waals surface area contributed by atoms with Gasteiger partial charge in [0.05, 0.1) is 18.0 Å². The van der Waals surface area contributed by atoms with Crippen LogP contribution in [-0.4, -0.2) is 45.0 Å². The molecule has 0 aromatic heterocycles. The third-order valence-electron chi connectivity index (χ3n) is 2.95. The number of amides is 1. The molecule has 0 aromatic rings. The Kier molecular flexibility index (Phi) is 1.73. The molecule has 2 heterocycles. The number of fused-ring (bicyclic) bond motifs is 2. The highest BCUT2D eigenvalue weighted by molar-refractivity contribution is 5.94. The first-order valence-electron chi connectivity index (χ1n) is 4.29. The molecule has 2 aliphatic heterocycles. The minimum absolute atomic E-state index is 0.0495. The van der Waals surface area contributed by atoms with Crippen LogP contribution in [0.25, 0.3) is 0 Å². The third-order valence-corrected chi connectivity index (χ3v) is 2.95. The van der Waals surface area contributed by atoms with Crippen molar-refractivity contribution in [1.82, 2.24) is 4.90 Å². The monoisotopic (exact) mass is 199 g/mol. The first kappa shape index (κ1) is 8.98. The summed E-state index contributed by atoms with van der Waals surface area (Å²) in [7, 11) is 0. The number of hydrogen-bond donors (Lipinski definition) is 2. The fourth-order valence-electron chi connectivity index (χ4n) is 2.35. The van der Waals surface area contributed by atoms with Gasteiger partial charge in [-0.15, -0.1) is 0 Å². The van der Waals surface area contributed by atoms with Crippen LogP contribution >= 0.6 is 0 Å². The Hall–Kier alpha value is -1.59. The summed E-state index contributed by atoms with van der Waals surface area (Å²) in [6.45, 7) is 0. The van der Waals surface area contributed by atoms with Gasteiger partial charge in [0.25, 0.3) is 0 Å². The first-order chi connectivity index (χ1) is 6.52. The van der Waals surface area contributed by atoms with Crippen LogP contribution in [0.3, 0.4) is 0 Å². The second kappa shape index (κ2) is 2.70. The highest BCUT2D eigenvalue weighted by Gasteiger charge is 2.56. The van der Waals surface area contributed by atoms with Gasteiger partial charge in [0.2, 0.25) is 0 Å². The van der Waals surface area contributed by atoms with E-state index < -0.39 is 30.1 Å². The maximum Gasteiger partial charge on any atom is 0.408 e. The van der Waals surface area contributed by atoms with Crippen LogP contribution in [-0.2, 0) is 9.59 Å². The van der Waals surface area contributed by atoms with Gasteiger partial charge >= 0.3 is 12.1 Å². The van der Waals surface area contributed by atoms with Gasteiger partial charge < -0.3 is 10.2 Å². The number of aliphatic carboxylic acids is 1. The third kappa shape index (κ3) is 0.997. The van der Waals surface area contributed by atoms with Crippen LogP contribution in [0, 0.1) is 5.92 Å². The molecule has 2 fully saturated rings. The van der Waals surface area contributed by atoms with Crippen LogP contribution in [0.1, 0.15) is 12.8 Å². The molecule has 0 spiro atoms. The summed E-state index contributed by atoms with van der Waals surface area (Å²) in [6.07, 6.45) is -1.02. The van der Waals surface area contributed by atoms with Gasteiger partial charge in [-0.25, -0.2) is 4.79 Å². The molecule has 6 heteroatoms. The van der Waals surface area contributed by atoms with Crippen LogP contribution < -0.4 is 0 Å². The van der Waals surface area contributed by atoms with Crippen molar-refractivity contribution in [2.45, 2.75) is 24.9 Å². The zero-order valence-electron chi connectivity index (χ0n) is 7.21. The second-order valence-electron chi connectivity index (χ2n) is 3.62. The summed E-state index contributed by atoms with van der Waals surface area (Å²) >= 11 is 0. The standard InChI is InChI=1S/C8H9NO5/c10-6-2-4-3(7(11)12)1-5(6)9(4)8(13)14/h3-5H,1-2H2,(H,11,12)(H,13,14)/t3-,4?,5?/m1/s1. The molecule has 0 aliphatic carbocycles. The Morgan fingerprint density at radius 1 is 1.36 bits per heavy atom. The number of carboxylic acids is 1. The molecular formula is C8H9NO5. The minimum Gasteiger partial charge on any atom is -0.481 e. The lowest BCUT2D eigenvalue weighted by atomic mass is 9.89. The fourth-order valence-corrected chi connectivity index (χ4v) is 2.35. The average molecular weight is 199 g/mol. The number of Topliss-reactive ketones (excluding diaryl/α,β-unsaturated/α-hetero) is 1. The highest BCUT2D eigenvalue weighted by atomic mass is 16.4. The smallest absolute Gasteiger partial charge is 0.408 e. The van der Waals surface area contributed by atoms with E-state index in [-0.39, 0.29) is 18.6 Å². The van der Waals surface area contributed by atoms with Crippen molar-refractivity contribution in [2.24, 2.45) is 5.92 Å². The molecule has 1 amide bonds. The molecule has 0 saturated carbocycles. The van der Waals surface area contributed by atoms with Crippen LogP contribution in [0.5, 0.6) is 0 Å². The molecule has 0 aromatic carbocycles. The van der Waals surface area contributed by atoms with Crippen LogP contribution in [0.4, 0.5) is 4.79 Å². The fraction of sp³-hybridized carbons (Fsp3) is 0.625. The van der Waals surface area contributed by atoms with Gasteiger partial charge in [-0.05, 0) is 6.42 Å². The quantitative estimate of drug-likeness (QED) is 0.608. The van der Waals surface area contributed by atoms with Gasteiger partial charge in [-0.2, -0.15) is 0 Å². The van der Waals surface area contributed by atoms with E-state index in [1.807, 2.05) is 0 Å². The molecule has 6 nitrogen and oxygen atoms in total. The number of hydrogen-bond acceptors (Lipinski definition) is 3. The predicted molar refractivity (Wildman–Crippen MR) is 42.8 cm³/mol. The molecule has 2 rings (SSSR count). The summed E-state index contributed by atoms with van der Waals surface area (Å²) in [5.74, 6) is -1.89. The van der Waals surface area contributed by atoms with Gasteiger partial charge in [-0.1, -0.05) is 0 Å². The van der Waals surface area contributed by atoms with E-state index in [1.54, 1.807) is 0 Å². The maximum atomic E-state index is 11.2. The van der Waals surface area contributed by atoms with E-state index in [2.05, 4.69) is 0 Å². The topological polar surface area (TPSA) is 94.9 Å². The molecule has 3 atom stereocenters. The maximum absolute atomic E-state index is 11.2. The number of rotatable bonds is 1. The van der Waals surface area contributed by atoms with Crippen molar-refractivity contribution < 1.29 is 24.6 Å². The molecule has 2 unspecified atom stereocenters. The molecule has 2 bridgehead atoms. The lowest BCUT2D eigenvalue weighted by Gasteiger charge is -2.17. The van der Waals surface area contributed by atoms with Crippen molar-refractivity contribution in [3.8, 4) is 0 Å². The lowest BCUT2D eigenvalue weighted by Crippen LogP contribution is -2.36. The Bertz CT molecular complexity index is 326. The largest absolute Gasteiger partial charge is 0.481 e. The highest BCUT2D eigenvalue weighted by Crippen LogP contribution is 2.39. The van der Waals surface area contributed by atoms with Crippen molar-refractivity contribution in [2.75, 3.05) is 0 Å². The number of ketones is 1. The van der Waals surface area contributed by atoms with Gasteiger partial charge in [-0.3, -0.25) is 14.5 Å². The van der Waals surface area contributed by atoms with E-state index in [9.17, 15) is 14.4 Å². The van der Waals surface area contributed by atoms with Crippen molar-refractivity contribution in [1.29, 1.82) is 0 Å². The Morgan fingerprint density at radius 2 is 2.00 bits per heavy atom. The first-order valence-corrected chi connectivity index (χ1v) is 4.29. The molecular weight excluding hydrogens is 190 g/mol. The van der Waals surface area contributed by atoms with Crippen LogP contribution in [0.2, 0.25) is 0 Å². The zero-order valence-corrected chi connectivity index (χ0v) is 7.21. The summed E-state index contributed by atoms with van der Waals surface area (Å²) in [5.41, 5.74) is 0. The zero-order chi connectivity index (χ0) is 10.5. The van der Waals surface area contributed by atoms with E-state index in [4.69, 9.17) is 10.2 Å². The molecule has 2 saturated heterocycles. The molecule has 14 heavy (non-hydrogen) atoms. The number of carbonyl (C=O) groups excluding carboxylic acids is 1. The summed E-state index contributed by atoms with van der Waals surface area (Å²) in [6, 6.07) is -1.37. The van der Waals surface area contributed by atoms with E-state index in [0.717, 1.165) is 4.90 Å². The lowest BCUT2D eigenvalue weighted by molar-refractivity contribution is -0.142. The molecule has 76 valence electrons. The molecule has 0 radical (unpaired) electrons. The van der Waals surface area contributed by atoms with Crippen molar-refractivity contribution in [3.63, 3.8) is 0 Å². The van der Waals surface area contributed by atoms with Crippen molar-refractivity contribution in [3.05, 3.63) is 0 Å². The number of carboxylic acid groups (broad SMARTS) is 2. The Balaban J connectivity index is 2.28. The average Bonchev–Trinajstić information content (AvgIpc) is 2.56. The van der Waals surface area contributed by atoms with E-state index >= 15 is 0 Å². The van der Waals surface area contributed by atoms with E-state index in [0.29, 0.717) is 0 Å². The molecule has 2 aliphatic rings.